The summed E-state index contributed by atoms with van der Waals surface area (Å²) < 4.78 is 39.8. The van der Waals surface area contributed by atoms with Crippen molar-refractivity contribution in [1.29, 1.82) is 0 Å². The molecular weight excluding hydrogens is 335 g/mol. The van der Waals surface area contributed by atoms with E-state index < -0.39 is 17.8 Å². The van der Waals surface area contributed by atoms with E-state index in [1.165, 1.54) is 12.3 Å². The molecule has 0 aromatic carbocycles. The van der Waals surface area contributed by atoms with Crippen LogP contribution in [0.5, 0.6) is 0 Å². The number of carbonyl (C=O) groups is 1. The number of hydrogen-bond donors (Lipinski definition) is 1. The van der Waals surface area contributed by atoms with Gasteiger partial charge in [-0.1, -0.05) is 6.07 Å². The maximum atomic E-state index is 12.7. The maximum Gasteiger partial charge on any atom is 0.433 e. The normalized spacial score (nSPS) is 14.7. The molecule has 0 aliphatic heterocycles. The van der Waals surface area contributed by atoms with Gasteiger partial charge in [0.15, 0.2) is 0 Å². The number of amides is 1. The van der Waals surface area contributed by atoms with Crippen LogP contribution in [0.25, 0.3) is 5.78 Å². The highest BCUT2D eigenvalue weighted by Crippen LogP contribution is 2.39. The summed E-state index contributed by atoms with van der Waals surface area (Å²) in [6.45, 7) is 0. The molecule has 0 spiro atoms. The molecule has 0 unspecified atom stereocenters. The first-order valence-corrected chi connectivity index (χ1v) is 7.60. The van der Waals surface area contributed by atoms with E-state index in [0.29, 0.717) is 17.4 Å². The predicted molar refractivity (Wildman–Crippen MR) is 82.2 cm³/mol. The molecule has 0 atom stereocenters. The quantitative estimate of drug-likeness (QED) is 0.789. The first kappa shape index (κ1) is 15.6. The molecule has 128 valence electrons. The standard InChI is InChI=1S/C16H12F3N5O/c17-16(18,19)13-3-1-2-11(22-13)14(25)21-10-6-20-15-23-12(9-4-5-9)8-24(15)7-10/h1-3,6-9H,4-5H2,(H,21,25). The summed E-state index contributed by atoms with van der Waals surface area (Å²) in [5.74, 6) is 0.237. The van der Waals surface area contributed by atoms with Gasteiger partial charge in [-0.15, -0.1) is 0 Å². The average molecular weight is 347 g/mol. The summed E-state index contributed by atoms with van der Waals surface area (Å²) in [7, 11) is 0. The minimum absolute atomic E-state index is 0.320. The number of pyridine rings is 1. The fourth-order valence-electron chi connectivity index (χ4n) is 2.46. The van der Waals surface area contributed by atoms with E-state index in [1.54, 1.807) is 10.6 Å². The van der Waals surface area contributed by atoms with Crippen molar-refractivity contribution < 1.29 is 18.0 Å². The molecule has 0 bridgehead atoms. The summed E-state index contributed by atoms with van der Waals surface area (Å²) >= 11 is 0. The lowest BCUT2D eigenvalue weighted by Gasteiger charge is -2.08. The number of alkyl halides is 3. The third kappa shape index (κ3) is 3.17. The summed E-state index contributed by atoms with van der Waals surface area (Å²) in [5.41, 5.74) is -0.136. The number of halogens is 3. The Hall–Kier alpha value is -2.97. The molecule has 6 nitrogen and oxygen atoms in total. The zero-order valence-corrected chi connectivity index (χ0v) is 12.8. The van der Waals surface area contributed by atoms with E-state index in [1.807, 2.05) is 6.20 Å². The third-order valence-corrected chi connectivity index (χ3v) is 3.85. The molecule has 3 aromatic heterocycles. The zero-order chi connectivity index (χ0) is 17.6. The highest BCUT2D eigenvalue weighted by molar-refractivity contribution is 6.02. The number of anilines is 1. The van der Waals surface area contributed by atoms with Gasteiger partial charge in [-0.2, -0.15) is 13.2 Å². The van der Waals surface area contributed by atoms with Gasteiger partial charge in [0.2, 0.25) is 5.78 Å². The Morgan fingerprint density at radius 1 is 1.20 bits per heavy atom. The van der Waals surface area contributed by atoms with Gasteiger partial charge in [0.1, 0.15) is 11.4 Å². The molecule has 3 aromatic rings. The van der Waals surface area contributed by atoms with Gasteiger partial charge in [-0.05, 0) is 25.0 Å². The van der Waals surface area contributed by atoms with Crippen LogP contribution in [0.1, 0.15) is 40.6 Å². The molecule has 9 heteroatoms. The smallest absolute Gasteiger partial charge is 0.318 e. The molecule has 1 N–H and O–H groups in total. The average Bonchev–Trinajstić information content (AvgIpc) is 3.34. The molecule has 0 saturated heterocycles. The van der Waals surface area contributed by atoms with E-state index in [2.05, 4.69) is 20.3 Å². The molecule has 0 radical (unpaired) electrons. The number of nitrogens with zero attached hydrogens (tertiary/aromatic N) is 4. The van der Waals surface area contributed by atoms with Crippen molar-refractivity contribution in [2.75, 3.05) is 5.32 Å². The Bertz CT molecular complexity index is 962. The van der Waals surface area contributed by atoms with Crippen molar-refractivity contribution in [3.63, 3.8) is 0 Å². The largest absolute Gasteiger partial charge is 0.433 e. The number of carbonyl (C=O) groups excluding carboxylic acids is 1. The number of imidazole rings is 1. The van der Waals surface area contributed by atoms with Crippen LogP contribution >= 0.6 is 0 Å². The Balaban J connectivity index is 1.57. The van der Waals surface area contributed by atoms with Crippen molar-refractivity contribution in [3.8, 4) is 0 Å². The van der Waals surface area contributed by atoms with E-state index in [9.17, 15) is 18.0 Å². The highest BCUT2D eigenvalue weighted by Gasteiger charge is 2.33. The van der Waals surface area contributed by atoms with Crippen LogP contribution in [0.15, 0.2) is 36.8 Å². The van der Waals surface area contributed by atoms with Crippen LogP contribution in [-0.2, 0) is 6.18 Å². The number of hydrogen-bond acceptors (Lipinski definition) is 4. The van der Waals surface area contributed by atoms with Gasteiger partial charge >= 0.3 is 6.18 Å². The second-order valence-corrected chi connectivity index (χ2v) is 5.85. The van der Waals surface area contributed by atoms with Crippen molar-refractivity contribution in [3.05, 3.63) is 53.9 Å². The van der Waals surface area contributed by atoms with Gasteiger partial charge in [0.25, 0.3) is 5.91 Å². The molecule has 4 rings (SSSR count). The van der Waals surface area contributed by atoms with Gasteiger partial charge in [-0.25, -0.2) is 15.0 Å². The van der Waals surface area contributed by atoms with Crippen molar-refractivity contribution in [1.82, 2.24) is 19.4 Å². The number of rotatable bonds is 3. The van der Waals surface area contributed by atoms with Crippen molar-refractivity contribution in [2.24, 2.45) is 0 Å². The number of aromatic nitrogens is 4. The molecule has 1 aliphatic rings. The highest BCUT2D eigenvalue weighted by atomic mass is 19.4. The van der Waals surface area contributed by atoms with Gasteiger partial charge in [0.05, 0.1) is 17.6 Å². The van der Waals surface area contributed by atoms with E-state index in [4.69, 9.17) is 0 Å². The summed E-state index contributed by atoms with van der Waals surface area (Å²) in [6.07, 6.45) is 2.48. The Morgan fingerprint density at radius 2 is 2.00 bits per heavy atom. The van der Waals surface area contributed by atoms with Crippen LogP contribution in [0.2, 0.25) is 0 Å². The Morgan fingerprint density at radius 3 is 2.72 bits per heavy atom. The second kappa shape index (κ2) is 5.54. The fraction of sp³-hybridized carbons (Fsp3) is 0.250. The molecule has 1 amide bonds. The summed E-state index contributed by atoms with van der Waals surface area (Å²) in [5, 5.41) is 2.50. The van der Waals surface area contributed by atoms with Crippen LogP contribution < -0.4 is 5.32 Å². The fourth-order valence-corrected chi connectivity index (χ4v) is 2.46. The first-order valence-electron chi connectivity index (χ1n) is 7.60. The van der Waals surface area contributed by atoms with E-state index >= 15 is 0 Å². The Kier molecular flexibility index (Phi) is 3.45. The first-order chi connectivity index (χ1) is 11.9. The Labute approximate surface area is 139 Å². The van der Waals surface area contributed by atoms with Gasteiger partial charge in [-0.3, -0.25) is 9.20 Å². The minimum atomic E-state index is -4.60. The molecule has 1 aliphatic carbocycles. The van der Waals surface area contributed by atoms with E-state index in [-0.39, 0.29) is 5.69 Å². The molecular formula is C16H12F3N5O. The lowest BCUT2D eigenvalue weighted by molar-refractivity contribution is -0.141. The lowest BCUT2D eigenvalue weighted by Crippen LogP contribution is -2.17. The van der Waals surface area contributed by atoms with Crippen LogP contribution in [0.4, 0.5) is 18.9 Å². The zero-order valence-electron chi connectivity index (χ0n) is 12.8. The minimum Gasteiger partial charge on any atom is -0.318 e. The molecule has 1 fully saturated rings. The summed E-state index contributed by atoms with van der Waals surface area (Å²) in [4.78, 5) is 24.1. The van der Waals surface area contributed by atoms with Gasteiger partial charge < -0.3 is 5.32 Å². The van der Waals surface area contributed by atoms with Crippen LogP contribution in [0.3, 0.4) is 0 Å². The molecule has 25 heavy (non-hydrogen) atoms. The van der Waals surface area contributed by atoms with E-state index in [0.717, 1.165) is 30.7 Å². The van der Waals surface area contributed by atoms with Crippen molar-refractivity contribution >= 4 is 17.4 Å². The summed E-state index contributed by atoms with van der Waals surface area (Å²) in [6, 6.07) is 3.18. The van der Waals surface area contributed by atoms with Gasteiger partial charge in [0, 0.05) is 18.3 Å². The van der Waals surface area contributed by atoms with Crippen molar-refractivity contribution in [2.45, 2.75) is 24.9 Å². The third-order valence-electron chi connectivity index (χ3n) is 3.85. The van der Waals surface area contributed by atoms with Crippen LogP contribution in [0, 0.1) is 0 Å². The molecule has 3 heterocycles. The predicted octanol–water partition coefficient (Wildman–Crippen LogP) is 3.27. The SMILES string of the molecule is O=C(Nc1cnc2nc(C3CC3)cn2c1)c1cccc(C(F)(F)F)n1. The lowest BCUT2D eigenvalue weighted by atomic mass is 10.3. The maximum absolute atomic E-state index is 12.7. The number of nitrogens with one attached hydrogen (secondary N) is 1. The topological polar surface area (TPSA) is 72.2 Å². The second-order valence-electron chi connectivity index (χ2n) is 5.85. The molecule has 1 saturated carbocycles. The number of fused-ring (bicyclic) bond motifs is 1. The van der Waals surface area contributed by atoms with Crippen LogP contribution in [-0.4, -0.2) is 25.3 Å². The monoisotopic (exact) mass is 347 g/mol.